The lowest BCUT2D eigenvalue weighted by atomic mass is 10.1. The predicted molar refractivity (Wildman–Crippen MR) is 63.6 cm³/mol. The van der Waals surface area contributed by atoms with Crippen molar-refractivity contribution in [2.75, 3.05) is 5.73 Å². The summed E-state index contributed by atoms with van der Waals surface area (Å²) in [6, 6.07) is 8.51. The van der Waals surface area contributed by atoms with Gasteiger partial charge in [0.25, 0.3) is 0 Å². The van der Waals surface area contributed by atoms with Gasteiger partial charge in [-0.25, -0.2) is 4.39 Å². The number of nitriles is 1. The summed E-state index contributed by atoms with van der Waals surface area (Å²) < 4.78 is 13.6. The number of nitrogen functional groups attached to an aromatic ring is 1. The van der Waals surface area contributed by atoms with E-state index in [4.69, 9.17) is 11.0 Å². The lowest BCUT2D eigenvalue weighted by molar-refractivity contribution is 0.631. The van der Waals surface area contributed by atoms with Crippen molar-refractivity contribution in [2.45, 2.75) is 6.92 Å². The highest BCUT2D eigenvalue weighted by Gasteiger charge is 2.11. The number of nitrogens with zero attached hydrogens (tertiary/aromatic N) is 1. The number of halogens is 1. The van der Waals surface area contributed by atoms with Gasteiger partial charge in [0, 0.05) is 10.4 Å². The molecule has 2 aromatic rings. The highest BCUT2D eigenvalue weighted by Crippen LogP contribution is 2.34. The van der Waals surface area contributed by atoms with Crippen molar-refractivity contribution in [3.05, 3.63) is 40.5 Å². The summed E-state index contributed by atoms with van der Waals surface area (Å²) in [7, 11) is 0. The third-order valence-electron chi connectivity index (χ3n) is 2.25. The molecule has 0 aliphatic heterocycles. The van der Waals surface area contributed by atoms with Crippen LogP contribution in [0.15, 0.2) is 24.3 Å². The molecule has 2 rings (SSSR count). The van der Waals surface area contributed by atoms with Gasteiger partial charge >= 0.3 is 0 Å². The molecular formula is C12H9FN2S. The molecule has 0 saturated carbocycles. The number of nitrogens with two attached hydrogens (primary N) is 1. The first-order valence-electron chi connectivity index (χ1n) is 4.67. The van der Waals surface area contributed by atoms with E-state index in [-0.39, 0.29) is 5.82 Å². The molecule has 2 nitrogen and oxygen atoms in total. The predicted octanol–water partition coefficient (Wildman–Crippen LogP) is 3.32. The Morgan fingerprint density at radius 3 is 2.75 bits per heavy atom. The molecule has 0 unspecified atom stereocenters. The first-order chi connectivity index (χ1) is 7.61. The van der Waals surface area contributed by atoms with Gasteiger partial charge in [0.2, 0.25) is 0 Å². The second-order valence-corrected chi connectivity index (χ2v) is 4.54. The number of rotatable bonds is 1. The quantitative estimate of drug-likeness (QED) is 0.820. The summed E-state index contributed by atoms with van der Waals surface area (Å²) in [6.45, 7) is 1.89. The number of benzene rings is 1. The second kappa shape index (κ2) is 3.95. The van der Waals surface area contributed by atoms with Crippen LogP contribution in [0.25, 0.3) is 10.4 Å². The molecule has 0 saturated heterocycles. The molecule has 1 aromatic heterocycles. The van der Waals surface area contributed by atoms with Crippen molar-refractivity contribution in [1.82, 2.24) is 0 Å². The van der Waals surface area contributed by atoms with Crippen LogP contribution in [0.5, 0.6) is 0 Å². The fraction of sp³-hybridized carbons (Fsp3) is 0.0833. The Balaban J connectivity index is 2.59. The van der Waals surface area contributed by atoms with Gasteiger partial charge in [-0.05, 0) is 25.1 Å². The molecule has 1 heterocycles. The summed E-state index contributed by atoms with van der Waals surface area (Å²) in [5.41, 5.74) is 7.52. The molecule has 0 aliphatic carbocycles. The van der Waals surface area contributed by atoms with Gasteiger partial charge in [-0.2, -0.15) is 5.26 Å². The van der Waals surface area contributed by atoms with Crippen LogP contribution in [0.4, 0.5) is 10.1 Å². The van der Waals surface area contributed by atoms with E-state index in [2.05, 4.69) is 0 Å². The van der Waals surface area contributed by atoms with E-state index in [9.17, 15) is 4.39 Å². The van der Waals surface area contributed by atoms with Crippen molar-refractivity contribution in [2.24, 2.45) is 0 Å². The van der Waals surface area contributed by atoms with Gasteiger partial charge < -0.3 is 5.73 Å². The van der Waals surface area contributed by atoms with Gasteiger partial charge in [0.1, 0.15) is 16.8 Å². The lowest BCUT2D eigenvalue weighted by Gasteiger charge is -2.00. The normalized spacial score (nSPS) is 10.1. The first kappa shape index (κ1) is 10.7. The van der Waals surface area contributed by atoms with E-state index in [1.807, 2.05) is 13.0 Å². The molecule has 2 N–H and O–H groups in total. The van der Waals surface area contributed by atoms with E-state index in [1.165, 1.54) is 17.4 Å². The average molecular weight is 232 g/mol. The molecule has 0 fully saturated rings. The van der Waals surface area contributed by atoms with Crippen molar-refractivity contribution in [1.29, 1.82) is 5.26 Å². The molecule has 0 bridgehead atoms. The van der Waals surface area contributed by atoms with E-state index in [0.29, 0.717) is 21.0 Å². The van der Waals surface area contributed by atoms with Crippen LogP contribution in [0.1, 0.15) is 10.4 Å². The third-order valence-corrected chi connectivity index (χ3v) is 3.34. The minimum absolute atomic E-state index is 0.295. The fourth-order valence-corrected chi connectivity index (χ4v) is 2.35. The Hall–Kier alpha value is -1.86. The summed E-state index contributed by atoms with van der Waals surface area (Å²) in [5.74, 6) is -0.295. The van der Waals surface area contributed by atoms with Gasteiger partial charge in [0.05, 0.1) is 5.69 Å². The van der Waals surface area contributed by atoms with E-state index in [1.54, 1.807) is 18.2 Å². The number of aryl methyl sites for hydroxylation is 1. The number of hydrogen-bond donors (Lipinski definition) is 1. The van der Waals surface area contributed by atoms with Crippen molar-refractivity contribution in [3.8, 4) is 16.5 Å². The maximum absolute atomic E-state index is 13.6. The Kier molecular flexibility index (Phi) is 2.63. The van der Waals surface area contributed by atoms with Gasteiger partial charge in [-0.1, -0.05) is 11.6 Å². The summed E-state index contributed by atoms with van der Waals surface area (Å²) in [4.78, 5) is 1.12. The number of anilines is 1. The van der Waals surface area contributed by atoms with Crippen LogP contribution >= 0.6 is 11.3 Å². The summed E-state index contributed by atoms with van der Waals surface area (Å²) >= 11 is 1.21. The minimum Gasteiger partial charge on any atom is -0.397 e. The molecule has 16 heavy (non-hydrogen) atoms. The minimum atomic E-state index is -0.295. The maximum Gasteiger partial charge on any atom is 0.131 e. The SMILES string of the molecule is Cc1ccc(F)c(-c2cc(N)c(C#N)s2)c1. The van der Waals surface area contributed by atoms with Gasteiger partial charge in [0.15, 0.2) is 0 Å². The van der Waals surface area contributed by atoms with Crippen LogP contribution in [-0.2, 0) is 0 Å². The molecule has 0 radical (unpaired) electrons. The maximum atomic E-state index is 13.6. The molecule has 0 aliphatic rings. The van der Waals surface area contributed by atoms with Crippen LogP contribution < -0.4 is 5.73 Å². The first-order valence-corrected chi connectivity index (χ1v) is 5.49. The Morgan fingerprint density at radius 1 is 1.38 bits per heavy atom. The molecular weight excluding hydrogens is 223 g/mol. The molecule has 1 aromatic carbocycles. The molecule has 0 spiro atoms. The highest BCUT2D eigenvalue weighted by molar-refractivity contribution is 7.16. The molecule has 0 atom stereocenters. The Morgan fingerprint density at radius 2 is 2.12 bits per heavy atom. The fourth-order valence-electron chi connectivity index (χ4n) is 1.45. The number of hydrogen-bond acceptors (Lipinski definition) is 3. The standard InChI is InChI=1S/C12H9FN2S/c1-7-2-3-9(13)8(4-7)11-5-10(15)12(6-14)16-11/h2-5H,15H2,1H3. The largest absolute Gasteiger partial charge is 0.397 e. The van der Waals surface area contributed by atoms with Crippen molar-refractivity contribution < 1.29 is 4.39 Å². The van der Waals surface area contributed by atoms with E-state index >= 15 is 0 Å². The van der Waals surface area contributed by atoms with Crippen molar-refractivity contribution in [3.63, 3.8) is 0 Å². The van der Waals surface area contributed by atoms with Gasteiger partial charge in [-0.3, -0.25) is 0 Å². The molecule has 4 heteroatoms. The van der Waals surface area contributed by atoms with Crippen LogP contribution in [0.3, 0.4) is 0 Å². The smallest absolute Gasteiger partial charge is 0.131 e. The molecule has 0 amide bonds. The van der Waals surface area contributed by atoms with Crippen molar-refractivity contribution >= 4 is 17.0 Å². The van der Waals surface area contributed by atoms with Gasteiger partial charge in [-0.15, -0.1) is 11.3 Å². The van der Waals surface area contributed by atoms with Crippen LogP contribution in [0, 0.1) is 24.1 Å². The Bertz CT molecular complexity index is 581. The zero-order valence-electron chi connectivity index (χ0n) is 8.62. The van der Waals surface area contributed by atoms with Crippen LogP contribution in [0.2, 0.25) is 0 Å². The lowest BCUT2D eigenvalue weighted by Crippen LogP contribution is -1.83. The van der Waals surface area contributed by atoms with E-state index < -0.39 is 0 Å². The highest BCUT2D eigenvalue weighted by atomic mass is 32.1. The van der Waals surface area contributed by atoms with E-state index in [0.717, 1.165) is 5.56 Å². The summed E-state index contributed by atoms with van der Waals surface area (Å²) in [5, 5.41) is 8.79. The summed E-state index contributed by atoms with van der Waals surface area (Å²) in [6.07, 6.45) is 0. The third kappa shape index (κ3) is 1.77. The monoisotopic (exact) mass is 232 g/mol. The van der Waals surface area contributed by atoms with Crippen LogP contribution in [-0.4, -0.2) is 0 Å². The zero-order valence-corrected chi connectivity index (χ0v) is 9.44. The topological polar surface area (TPSA) is 49.8 Å². The number of thiophene rings is 1. The second-order valence-electron chi connectivity index (χ2n) is 3.49. The molecule has 80 valence electrons. The zero-order chi connectivity index (χ0) is 11.7. The Labute approximate surface area is 96.8 Å². The average Bonchev–Trinajstić information content (AvgIpc) is 2.63.